The van der Waals surface area contributed by atoms with Crippen LogP contribution in [0.1, 0.15) is 18.4 Å². The lowest BCUT2D eigenvalue weighted by atomic mass is 9.97. The minimum absolute atomic E-state index is 0.0450. The first-order chi connectivity index (χ1) is 11.3. The number of carbonyl (C=O) groups is 1. The normalized spacial score (nSPS) is 21.9. The van der Waals surface area contributed by atoms with Crippen LogP contribution in [-0.2, 0) is 11.2 Å². The molecule has 0 aliphatic carbocycles. The van der Waals surface area contributed by atoms with Gasteiger partial charge in [-0.1, -0.05) is 42.5 Å². The van der Waals surface area contributed by atoms with Gasteiger partial charge in [-0.3, -0.25) is 4.79 Å². The highest BCUT2D eigenvalue weighted by molar-refractivity contribution is 5.85. The smallest absolute Gasteiger partial charge is 0.329 e. The molecular formula is C18H19F3N2O. The third-order valence-corrected chi connectivity index (χ3v) is 4.49. The van der Waals surface area contributed by atoms with Crippen molar-refractivity contribution in [3.63, 3.8) is 0 Å². The predicted octanol–water partition coefficient (Wildman–Crippen LogP) is 3.26. The first kappa shape index (κ1) is 16.8. The van der Waals surface area contributed by atoms with Crippen LogP contribution < -0.4 is 5.73 Å². The molecule has 0 aromatic heterocycles. The van der Waals surface area contributed by atoms with Gasteiger partial charge in [-0.25, -0.2) is 0 Å². The number of hydrogen-bond acceptors (Lipinski definition) is 2. The molecule has 1 saturated heterocycles. The van der Waals surface area contributed by atoms with Crippen LogP contribution in [0.4, 0.5) is 13.2 Å². The van der Waals surface area contributed by atoms with Gasteiger partial charge >= 0.3 is 6.18 Å². The second-order valence-electron chi connectivity index (χ2n) is 6.30. The molecule has 3 rings (SSSR count). The van der Waals surface area contributed by atoms with Crippen LogP contribution in [0.2, 0.25) is 0 Å². The number of alkyl halides is 3. The van der Waals surface area contributed by atoms with E-state index < -0.39 is 24.2 Å². The van der Waals surface area contributed by atoms with Crippen molar-refractivity contribution in [3.8, 4) is 0 Å². The summed E-state index contributed by atoms with van der Waals surface area (Å²) in [6, 6.07) is 11.0. The van der Waals surface area contributed by atoms with E-state index in [2.05, 4.69) is 0 Å². The molecule has 24 heavy (non-hydrogen) atoms. The number of benzene rings is 2. The Balaban J connectivity index is 1.80. The quantitative estimate of drug-likeness (QED) is 0.915. The number of nitrogens with two attached hydrogens (primary N) is 1. The lowest BCUT2D eigenvalue weighted by Gasteiger charge is -2.39. The summed E-state index contributed by atoms with van der Waals surface area (Å²) >= 11 is 0. The largest absolute Gasteiger partial charge is 0.408 e. The monoisotopic (exact) mass is 336 g/mol. The van der Waals surface area contributed by atoms with E-state index in [-0.39, 0.29) is 25.8 Å². The van der Waals surface area contributed by atoms with E-state index >= 15 is 0 Å². The molecule has 0 spiro atoms. The van der Waals surface area contributed by atoms with E-state index in [4.69, 9.17) is 5.73 Å². The second-order valence-corrected chi connectivity index (χ2v) is 6.30. The van der Waals surface area contributed by atoms with Gasteiger partial charge in [0, 0.05) is 12.6 Å². The molecule has 128 valence electrons. The Kier molecular flexibility index (Phi) is 4.49. The molecule has 2 atom stereocenters. The van der Waals surface area contributed by atoms with Crippen molar-refractivity contribution in [2.24, 2.45) is 5.73 Å². The van der Waals surface area contributed by atoms with Gasteiger partial charge in [0.05, 0.1) is 6.42 Å². The number of halogens is 3. The maximum atomic E-state index is 13.2. The Hall–Kier alpha value is -2.08. The van der Waals surface area contributed by atoms with Crippen molar-refractivity contribution < 1.29 is 18.0 Å². The van der Waals surface area contributed by atoms with Crippen LogP contribution in [0.25, 0.3) is 10.8 Å². The molecule has 6 heteroatoms. The highest BCUT2D eigenvalue weighted by Crippen LogP contribution is 2.32. The van der Waals surface area contributed by atoms with Crippen LogP contribution in [0, 0.1) is 0 Å². The predicted molar refractivity (Wildman–Crippen MR) is 86.4 cm³/mol. The first-order valence-corrected chi connectivity index (χ1v) is 7.94. The van der Waals surface area contributed by atoms with Crippen molar-refractivity contribution >= 4 is 16.7 Å². The molecule has 0 saturated carbocycles. The van der Waals surface area contributed by atoms with Crippen molar-refractivity contribution in [2.75, 3.05) is 6.54 Å². The summed E-state index contributed by atoms with van der Waals surface area (Å²) < 4.78 is 39.6. The van der Waals surface area contributed by atoms with Gasteiger partial charge in [-0.05, 0) is 29.2 Å². The lowest BCUT2D eigenvalue weighted by Crippen LogP contribution is -2.57. The molecule has 1 aliphatic rings. The van der Waals surface area contributed by atoms with Crippen LogP contribution in [-0.4, -0.2) is 35.6 Å². The Morgan fingerprint density at radius 1 is 1.12 bits per heavy atom. The Labute approximate surface area is 138 Å². The van der Waals surface area contributed by atoms with E-state index in [0.717, 1.165) is 15.7 Å². The van der Waals surface area contributed by atoms with Crippen LogP contribution >= 0.6 is 0 Å². The number of amides is 1. The minimum atomic E-state index is -4.42. The summed E-state index contributed by atoms with van der Waals surface area (Å²) in [6.45, 7) is -0.0450. The molecule has 2 aromatic rings. The molecule has 0 unspecified atom stereocenters. The average molecular weight is 336 g/mol. The molecule has 1 heterocycles. The molecule has 2 aromatic carbocycles. The molecule has 2 N–H and O–H groups in total. The van der Waals surface area contributed by atoms with Gasteiger partial charge < -0.3 is 10.6 Å². The van der Waals surface area contributed by atoms with Gasteiger partial charge in [0.2, 0.25) is 5.91 Å². The van der Waals surface area contributed by atoms with E-state index in [1.165, 1.54) is 0 Å². The summed E-state index contributed by atoms with van der Waals surface area (Å²) in [5.74, 6) is -0.525. The van der Waals surface area contributed by atoms with Gasteiger partial charge in [0.1, 0.15) is 6.04 Å². The summed E-state index contributed by atoms with van der Waals surface area (Å²) in [4.78, 5) is 13.4. The zero-order chi connectivity index (χ0) is 17.3. The van der Waals surface area contributed by atoms with Gasteiger partial charge in [-0.2, -0.15) is 13.2 Å². The van der Waals surface area contributed by atoms with E-state index in [0.29, 0.717) is 5.56 Å². The van der Waals surface area contributed by atoms with Crippen LogP contribution in [0.15, 0.2) is 42.5 Å². The number of likely N-dealkylation sites (tertiary alicyclic amines) is 1. The number of nitrogens with zero attached hydrogens (tertiary/aromatic N) is 1. The molecule has 3 nitrogen and oxygen atoms in total. The van der Waals surface area contributed by atoms with Crippen molar-refractivity contribution in [2.45, 2.75) is 37.5 Å². The Morgan fingerprint density at radius 3 is 2.54 bits per heavy atom. The summed E-state index contributed by atoms with van der Waals surface area (Å²) in [5, 5.41) is 1.99. The van der Waals surface area contributed by atoms with Crippen molar-refractivity contribution in [3.05, 3.63) is 48.0 Å². The maximum absolute atomic E-state index is 13.2. The molecule has 1 fully saturated rings. The second kappa shape index (κ2) is 6.43. The van der Waals surface area contributed by atoms with Gasteiger partial charge in [-0.15, -0.1) is 0 Å². The fraction of sp³-hybridized carbons (Fsp3) is 0.389. The molecular weight excluding hydrogens is 317 g/mol. The Bertz CT molecular complexity index is 744. The summed E-state index contributed by atoms with van der Waals surface area (Å²) in [5.41, 5.74) is 6.48. The number of fused-ring (bicyclic) bond motifs is 1. The maximum Gasteiger partial charge on any atom is 0.408 e. The summed E-state index contributed by atoms with van der Waals surface area (Å²) in [7, 11) is 0. The minimum Gasteiger partial charge on any atom is -0.329 e. The number of piperidine rings is 1. The Morgan fingerprint density at radius 2 is 1.83 bits per heavy atom. The first-order valence-electron chi connectivity index (χ1n) is 7.94. The molecule has 0 bridgehead atoms. The highest BCUT2D eigenvalue weighted by Gasteiger charge is 2.47. The number of hydrogen-bond donors (Lipinski definition) is 1. The molecule has 1 amide bonds. The lowest BCUT2D eigenvalue weighted by molar-refractivity contribution is -0.196. The SMILES string of the molecule is N[C@@H]1CC[C@@H](C(F)(F)F)N(C(=O)Cc2ccc3ccccc3c2)C1. The van der Waals surface area contributed by atoms with Crippen LogP contribution in [0.3, 0.4) is 0 Å². The third kappa shape index (κ3) is 3.53. The van der Waals surface area contributed by atoms with Crippen molar-refractivity contribution in [1.82, 2.24) is 4.90 Å². The zero-order valence-electron chi connectivity index (χ0n) is 13.1. The van der Waals surface area contributed by atoms with Crippen molar-refractivity contribution in [1.29, 1.82) is 0 Å². The zero-order valence-corrected chi connectivity index (χ0v) is 13.1. The van der Waals surface area contributed by atoms with E-state index in [1.54, 1.807) is 6.07 Å². The van der Waals surface area contributed by atoms with Crippen LogP contribution in [0.5, 0.6) is 0 Å². The number of rotatable bonds is 2. The van der Waals surface area contributed by atoms with E-state index in [9.17, 15) is 18.0 Å². The standard InChI is InChI=1S/C18H19F3N2O/c19-18(20,21)16-8-7-15(22)11-23(16)17(24)10-12-5-6-13-3-1-2-4-14(13)9-12/h1-6,9,15-16H,7-8,10-11,22H2/t15-,16+/m1/s1. The fourth-order valence-electron chi connectivity index (χ4n) is 3.24. The fourth-order valence-corrected chi connectivity index (χ4v) is 3.24. The topological polar surface area (TPSA) is 46.3 Å². The third-order valence-electron chi connectivity index (χ3n) is 4.49. The van der Waals surface area contributed by atoms with E-state index in [1.807, 2.05) is 36.4 Å². The number of carbonyl (C=O) groups excluding carboxylic acids is 1. The molecule has 0 radical (unpaired) electrons. The van der Waals surface area contributed by atoms with Gasteiger partial charge in [0.15, 0.2) is 0 Å². The molecule has 1 aliphatic heterocycles. The van der Waals surface area contributed by atoms with Gasteiger partial charge in [0.25, 0.3) is 0 Å². The average Bonchev–Trinajstić information content (AvgIpc) is 2.53. The summed E-state index contributed by atoms with van der Waals surface area (Å²) in [6.07, 6.45) is -4.32. The highest BCUT2D eigenvalue weighted by atomic mass is 19.4.